The molecule has 17 heavy (non-hydrogen) atoms. The highest BCUT2D eigenvalue weighted by Crippen LogP contribution is 2.29. The van der Waals surface area contributed by atoms with Crippen LogP contribution in [-0.2, 0) is 11.0 Å². The van der Waals surface area contributed by atoms with Crippen LogP contribution >= 0.6 is 0 Å². The van der Waals surface area contributed by atoms with E-state index in [-0.39, 0.29) is 11.6 Å². The predicted molar refractivity (Wildman–Crippen MR) is 53.5 cm³/mol. The number of hydrogen-bond donors (Lipinski definition) is 0. The van der Waals surface area contributed by atoms with Crippen LogP contribution in [0, 0.1) is 0 Å². The van der Waals surface area contributed by atoms with Gasteiger partial charge in [0.1, 0.15) is 23.6 Å². The molecule has 0 aromatic carbocycles. The van der Waals surface area contributed by atoms with Crippen molar-refractivity contribution in [1.82, 2.24) is 9.97 Å². The van der Waals surface area contributed by atoms with E-state index >= 15 is 0 Å². The van der Waals surface area contributed by atoms with Crippen LogP contribution in [0.15, 0.2) is 12.4 Å². The molecule has 1 fully saturated rings. The van der Waals surface area contributed by atoms with E-state index in [2.05, 4.69) is 9.97 Å². The lowest BCUT2D eigenvalue weighted by Crippen LogP contribution is -2.34. The standard InChI is InChI=1S/C10H10F3N3O/c11-10(12,13)8-5-9(15-6-14-8)16-3-1-7(17)2-4-16/h5-6H,1-4H2. The third-order valence-corrected chi connectivity index (χ3v) is 2.59. The fraction of sp³-hybridized carbons (Fsp3) is 0.500. The van der Waals surface area contributed by atoms with Crippen molar-refractivity contribution < 1.29 is 18.0 Å². The number of nitrogens with zero attached hydrogens (tertiary/aromatic N) is 3. The van der Waals surface area contributed by atoms with E-state index in [0.29, 0.717) is 25.9 Å². The highest BCUT2D eigenvalue weighted by molar-refractivity contribution is 5.80. The number of carbonyl (C=O) groups is 1. The topological polar surface area (TPSA) is 46.1 Å². The number of aromatic nitrogens is 2. The molecule has 1 aromatic rings. The Kier molecular flexibility index (Phi) is 2.99. The summed E-state index contributed by atoms with van der Waals surface area (Å²) in [5.74, 6) is 0.353. The maximum atomic E-state index is 12.4. The molecule has 0 saturated carbocycles. The lowest BCUT2D eigenvalue weighted by atomic mass is 10.1. The van der Waals surface area contributed by atoms with Crippen LogP contribution in [0.4, 0.5) is 19.0 Å². The molecule has 92 valence electrons. The molecule has 0 unspecified atom stereocenters. The summed E-state index contributed by atoms with van der Waals surface area (Å²) in [7, 11) is 0. The summed E-state index contributed by atoms with van der Waals surface area (Å²) in [5.41, 5.74) is -0.959. The average molecular weight is 245 g/mol. The van der Waals surface area contributed by atoms with Gasteiger partial charge >= 0.3 is 6.18 Å². The first-order valence-corrected chi connectivity index (χ1v) is 5.13. The summed E-state index contributed by atoms with van der Waals surface area (Å²) in [5, 5.41) is 0. The lowest BCUT2D eigenvalue weighted by Gasteiger charge is -2.27. The van der Waals surface area contributed by atoms with Crippen molar-refractivity contribution in [1.29, 1.82) is 0 Å². The number of Topliss-reactive ketones (excluding diaryl/α,β-unsaturated/α-hetero) is 1. The third kappa shape index (κ3) is 2.72. The number of carbonyl (C=O) groups excluding carboxylic acids is 1. The van der Waals surface area contributed by atoms with Crippen molar-refractivity contribution in [3.8, 4) is 0 Å². The summed E-state index contributed by atoms with van der Waals surface area (Å²) in [6.07, 6.45) is -2.87. The van der Waals surface area contributed by atoms with E-state index in [1.54, 1.807) is 4.90 Å². The second-order valence-corrected chi connectivity index (χ2v) is 3.78. The minimum atomic E-state index is -4.47. The van der Waals surface area contributed by atoms with Crippen molar-refractivity contribution in [2.75, 3.05) is 18.0 Å². The Morgan fingerprint density at radius 2 is 1.82 bits per heavy atom. The van der Waals surface area contributed by atoms with Crippen LogP contribution < -0.4 is 4.90 Å². The van der Waals surface area contributed by atoms with Gasteiger partial charge in [-0.2, -0.15) is 13.2 Å². The molecule has 0 N–H and O–H groups in total. The zero-order valence-electron chi connectivity index (χ0n) is 8.87. The molecule has 0 spiro atoms. The number of ketones is 1. The molecule has 0 amide bonds. The Hall–Kier alpha value is -1.66. The van der Waals surface area contributed by atoms with Gasteiger partial charge in [0.05, 0.1) is 0 Å². The Morgan fingerprint density at radius 1 is 1.18 bits per heavy atom. The number of piperidine rings is 1. The van der Waals surface area contributed by atoms with Gasteiger partial charge in [-0.05, 0) is 0 Å². The third-order valence-electron chi connectivity index (χ3n) is 2.59. The van der Waals surface area contributed by atoms with E-state index in [9.17, 15) is 18.0 Å². The molecule has 1 aliphatic heterocycles. The van der Waals surface area contributed by atoms with Gasteiger partial charge in [0.25, 0.3) is 0 Å². The van der Waals surface area contributed by atoms with E-state index in [1.807, 2.05) is 0 Å². The molecule has 1 aromatic heterocycles. The van der Waals surface area contributed by atoms with Gasteiger partial charge in [-0.3, -0.25) is 4.79 Å². The lowest BCUT2D eigenvalue weighted by molar-refractivity contribution is -0.141. The molecule has 0 aliphatic carbocycles. The Labute approximate surface area is 95.5 Å². The monoisotopic (exact) mass is 245 g/mol. The number of alkyl halides is 3. The second kappa shape index (κ2) is 4.31. The van der Waals surface area contributed by atoms with Crippen molar-refractivity contribution in [3.05, 3.63) is 18.1 Å². The van der Waals surface area contributed by atoms with Crippen LogP contribution in [-0.4, -0.2) is 28.8 Å². The normalized spacial score (nSPS) is 17.4. The van der Waals surface area contributed by atoms with Crippen molar-refractivity contribution in [2.24, 2.45) is 0 Å². The first kappa shape index (κ1) is 11.8. The van der Waals surface area contributed by atoms with Crippen LogP contribution in [0.3, 0.4) is 0 Å². The largest absolute Gasteiger partial charge is 0.433 e. The molecule has 0 atom stereocenters. The van der Waals surface area contributed by atoms with E-state index < -0.39 is 11.9 Å². The van der Waals surface area contributed by atoms with E-state index in [4.69, 9.17) is 0 Å². The zero-order valence-corrected chi connectivity index (χ0v) is 8.87. The van der Waals surface area contributed by atoms with Crippen LogP contribution in [0.25, 0.3) is 0 Å². The van der Waals surface area contributed by atoms with Gasteiger partial charge in [-0.1, -0.05) is 0 Å². The first-order valence-electron chi connectivity index (χ1n) is 5.13. The van der Waals surface area contributed by atoms with Crippen LogP contribution in [0.1, 0.15) is 18.5 Å². The molecular formula is C10H10F3N3O. The highest BCUT2D eigenvalue weighted by atomic mass is 19.4. The number of hydrogen-bond acceptors (Lipinski definition) is 4. The Morgan fingerprint density at radius 3 is 2.41 bits per heavy atom. The minimum Gasteiger partial charge on any atom is -0.356 e. The average Bonchev–Trinajstić information content (AvgIpc) is 2.29. The van der Waals surface area contributed by atoms with Gasteiger partial charge < -0.3 is 4.90 Å². The number of halogens is 3. The Bertz CT molecular complexity index is 423. The molecule has 2 heterocycles. The van der Waals surface area contributed by atoms with Crippen molar-refractivity contribution in [2.45, 2.75) is 19.0 Å². The van der Waals surface area contributed by atoms with Gasteiger partial charge in [-0.25, -0.2) is 9.97 Å². The first-order chi connectivity index (χ1) is 7.97. The predicted octanol–water partition coefficient (Wildman–Crippen LogP) is 1.66. The number of anilines is 1. The molecule has 7 heteroatoms. The molecular weight excluding hydrogens is 235 g/mol. The fourth-order valence-electron chi connectivity index (χ4n) is 1.66. The van der Waals surface area contributed by atoms with Crippen molar-refractivity contribution in [3.63, 3.8) is 0 Å². The van der Waals surface area contributed by atoms with Gasteiger partial charge in [0.15, 0.2) is 0 Å². The molecule has 2 rings (SSSR count). The van der Waals surface area contributed by atoms with Gasteiger partial charge in [-0.15, -0.1) is 0 Å². The summed E-state index contributed by atoms with van der Waals surface area (Å²) in [6.45, 7) is 0.820. The SMILES string of the molecule is O=C1CCN(c2cc(C(F)(F)F)ncn2)CC1. The Balaban J connectivity index is 2.19. The molecule has 1 aliphatic rings. The molecule has 0 radical (unpaired) electrons. The quantitative estimate of drug-likeness (QED) is 0.755. The van der Waals surface area contributed by atoms with E-state index in [1.165, 1.54) is 0 Å². The van der Waals surface area contributed by atoms with Crippen LogP contribution in [0.5, 0.6) is 0 Å². The number of rotatable bonds is 1. The van der Waals surface area contributed by atoms with E-state index in [0.717, 1.165) is 12.4 Å². The second-order valence-electron chi connectivity index (χ2n) is 3.78. The maximum Gasteiger partial charge on any atom is 0.433 e. The summed E-state index contributed by atoms with van der Waals surface area (Å²) in [6, 6.07) is 0.912. The summed E-state index contributed by atoms with van der Waals surface area (Å²) < 4.78 is 37.3. The van der Waals surface area contributed by atoms with Crippen molar-refractivity contribution >= 4 is 11.6 Å². The highest BCUT2D eigenvalue weighted by Gasteiger charge is 2.33. The summed E-state index contributed by atoms with van der Waals surface area (Å²) >= 11 is 0. The minimum absolute atomic E-state index is 0.131. The molecule has 0 bridgehead atoms. The van der Waals surface area contributed by atoms with Crippen LogP contribution in [0.2, 0.25) is 0 Å². The molecule has 1 saturated heterocycles. The maximum absolute atomic E-state index is 12.4. The van der Waals surface area contributed by atoms with Gasteiger partial charge in [0.2, 0.25) is 0 Å². The smallest absolute Gasteiger partial charge is 0.356 e. The molecule has 4 nitrogen and oxygen atoms in total. The van der Waals surface area contributed by atoms with Gasteiger partial charge in [0, 0.05) is 32.0 Å². The zero-order chi connectivity index (χ0) is 12.5. The summed E-state index contributed by atoms with van der Waals surface area (Å²) in [4.78, 5) is 19.7. The fourth-order valence-corrected chi connectivity index (χ4v) is 1.66.